The quantitative estimate of drug-likeness (QED) is 0.767. The summed E-state index contributed by atoms with van der Waals surface area (Å²) in [7, 11) is 0. The molecule has 2 atom stereocenters. The predicted molar refractivity (Wildman–Crippen MR) is 88.6 cm³/mol. The van der Waals surface area contributed by atoms with E-state index in [2.05, 4.69) is 79.8 Å². The van der Waals surface area contributed by atoms with Crippen LogP contribution in [0.2, 0.25) is 4.82 Å². The van der Waals surface area contributed by atoms with E-state index in [9.17, 15) is 0 Å². The van der Waals surface area contributed by atoms with Gasteiger partial charge in [0.1, 0.15) is 0 Å². The van der Waals surface area contributed by atoms with Gasteiger partial charge < -0.3 is 0 Å². The summed E-state index contributed by atoms with van der Waals surface area (Å²) < 4.78 is 1.49. The Morgan fingerprint density at radius 3 is 2.15 bits per heavy atom. The average Bonchev–Trinajstić information content (AvgIpc) is 2.50. The van der Waals surface area contributed by atoms with Crippen molar-refractivity contribution in [3.63, 3.8) is 0 Å². The average molecular weight is 332 g/mol. The minimum absolute atomic E-state index is 0.533. The van der Waals surface area contributed by atoms with Gasteiger partial charge in [0.05, 0.1) is 0 Å². The van der Waals surface area contributed by atoms with Crippen LogP contribution < -0.4 is 9.78 Å². The second kappa shape index (κ2) is 8.26. The van der Waals surface area contributed by atoms with E-state index in [1.54, 1.807) is 0 Å². The Bertz CT molecular complexity index is 483. The fourth-order valence-electron chi connectivity index (χ4n) is 2.28. The molecule has 106 valence electrons. The van der Waals surface area contributed by atoms with E-state index < -0.39 is 0 Å². The van der Waals surface area contributed by atoms with Crippen molar-refractivity contribution in [3.8, 4) is 0 Å². The third kappa shape index (κ3) is 4.79. The summed E-state index contributed by atoms with van der Waals surface area (Å²) in [4.78, 5) is 0.707. The van der Waals surface area contributed by atoms with Crippen LogP contribution in [-0.2, 0) is 6.54 Å². The van der Waals surface area contributed by atoms with Gasteiger partial charge in [0, 0.05) is 0 Å². The van der Waals surface area contributed by atoms with Gasteiger partial charge in [0.15, 0.2) is 0 Å². The van der Waals surface area contributed by atoms with Crippen LogP contribution >= 0.6 is 0 Å². The molecule has 2 aromatic carbocycles. The molecule has 0 spiro atoms. The molecule has 0 heterocycles. The molecule has 1 N–H and O–H groups in total. The molecule has 20 heavy (non-hydrogen) atoms. The molecule has 0 aromatic heterocycles. The van der Waals surface area contributed by atoms with Gasteiger partial charge in [-0.1, -0.05) is 0 Å². The summed E-state index contributed by atoms with van der Waals surface area (Å²) in [5, 5.41) is 3.72. The van der Waals surface area contributed by atoms with Gasteiger partial charge in [0.2, 0.25) is 0 Å². The molecular weight excluding hydrogens is 309 g/mol. The van der Waals surface area contributed by atoms with Gasteiger partial charge in [-0.25, -0.2) is 0 Å². The molecule has 0 unspecified atom stereocenters. The first-order chi connectivity index (χ1) is 9.79. The third-order valence-corrected chi connectivity index (χ3v) is 6.09. The Balaban J connectivity index is 1.87. The summed E-state index contributed by atoms with van der Waals surface area (Å²) in [5.41, 5.74) is 1.37. The van der Waals surface area contributed by atoms with Crippen LogP contribution in [0.15, 0.2) is 60.7 Å². The standard InChI is InChI=1S/C18H23NSe/c1-3-18(19-14-16-10-6-4-7-11-16)15(2)20-17-12-8-5-9-13-17/h4-13,15,18-19H,3,14H2,1-2H3/t15-,18-/m1/s1. The molecule has 1 nitrogen and oxygen atoms in total. The first-order valence-corrected chi connectivity index (χ1v) is 9.13. The molecule has 0 fully saturated rings. The molecular formula is C18H23NSe. The van der Waals surface area contributed by atoms with Crippen LogP contribution in [0.3, 0.4) is 0 Å². The Kier molecular flexibility index (Phi) is 6.32. The number of hydrogen-bond acceptors (Lipinski definition) is 1. The minimum atomic E-state index is 0.533. The zero-order valence-corrected chi connectivity index (χ0v) is 14.0. The normalized spacial score (nSPS) is 13.9. The molecule has 0 saturated heterocycles. The van der Waals surface area contributed by atoms with E-state index in [0.717, 1.165) is 6.54 Å². The van der Waals surface area contributed by atoms with Crippen molar-refractivity contribution < 1.29 is 0 Å². The zero-order valence-electron chi connectivity index (χ0n) is 12.3. The fraction of sp³-hybridized carbons (Fsp3) is 0.333. The zero-order chi connectivity index (χ0) is 14.2. The Hall–Kier alpha value is -1.08. The molecule has 2 rings (SSSR count). The van der Waals surface area contributed by atoms with Gasteiger partial charge in [-0.3, -0.25) is 0 Å². The Morgan fingerprint density at radius 1 is 0.950 bits per heavy atom. The van der Waals surface area contributed by atoms with Crippen LogP contribution in [0.1, 0.15) is 25.8 Å². The van der Waals surface area contributed by atoms with Gasteiger partial charge in [-0.15, -0.1) is 0 Å². The maximum absolute atomic E-state index is 3.72. The van der Waals surface area contributed by atoms with Crippen molar-refractivity contribution in [1.82, 2.24) is 5.32 Å². The predicted octanol–water partition coefficient (Wildman–Crippen LogP) is 3.39. The second-order valence-corrected chi connectivity index (χ2v) is 8.06. The van der Waals surface area contributed by atoms with E-state index >= 15 is 0 Å². The van der Waals surface area contributed by atoms with Crippen LogP contribution in [0.25, 0.3) is 0 Å². The molecule has 0 aliphatic heterocycles. The summed E-state index contributed by atoms with van der Waals surface area (Å²) in [6.45, 7) is 5.62. The second-order valence-electron chi connectivity index (χ2n) is 5.02. The van der Waals surface area contributed by atoms with Crippen molar-refractivity contribution in [3.05, 3.63) is 66.2 Å². The molecule has 0 saturated carbocycles. The summed E-state index contributed by atoms with van der Waals surface area (Å²) >= 11 is 0.533. The van der Waals surface area contributed by atoms with Gasteiger partial charge >= 0.3 is 129 Å². The maximum atomic E-state index is 3.72. The molecule has 2 aromatic rings. The molecule has 0 aliphatic rings. The van der Waals surface area contributed by atoms with Crippen LogP contribution in [0.5, 0.6) is 0 Å². The molecule has 0 amide bonds. The van der Waals surface area contributed by atoms with Crippen molar-refractivity contribution in [2.45, 2.75) is 37.7 Å². The van der Waals surface area contributed by atoms with Gasteiger partial charge in [-0.05, 0) is 0 Å². The van der Waals surface area contributed by atoms with Gasteiger partial charge in [0.25, 0.3) is 0 Å². The van der Waals surface area contributed by atoms with E-state index in [0.29, 0.717) is 25.8 Å². The van der Waals surface area contributed by atoms with Crippen LogP contribution in [-0.4, -0.2) is 21.0 Å². The van der Waals surface area contributed by atoms with Crippen molar-refractivity contribution in [1.29, 1.82) is 0 Å². The number of rotatable bonds is 7. The molecule has 0 aliphatic carbocycles. The first-order valence-electron chi connectivity index (χ1n) is 7.28. The van der Waals surface area contributed by atoms with Gasteiger partial charge in [-0.2, -0.15) is 0 Å². The van der Waals surface area contributed by atoms with Crippen molar-refractivity contribution in [2.24, 2.45) is 0 Å². The number of hydrogen-bond donors (Lipinski definition) is 1. The van der Waals surface area contributed by atoms with Crippen LogP contribution in [0.4, 0.5) is 0 Å². The Morgan fingerprint density at radius 2 is 1.55 bits per heavy atom. The monoisotopic (exact) mass is 333 g/mol. The summed E-state index contributed by atoms with van der Waals surface area (Å²) in [6.07, 6.45) is 1.18. The summed E-state index contributed by atoms with van der Waals surface area (Å²) in [5.74, 6) is 0. The third-order valence-electron chi connectivity index (χ3n) is 3.48. The van der Waals surface area contributed by atoms with E-state index in [-0.39, 0.29) is 0 Å². The topological polar surface area (TPSA) is 12.0 Å². The molecule has 0 radical (unpaired) electrons. The molecule has 0 bridgehead atoms. The number of nitrogens with one attached hydrogen (secondary N) is 1. The van der Waals surface area contributed by atoms with Crippen molar-refractivity contribution >= 4 is 19.4 Å². The van der Waals surface area contributed by atoms with E-state index in [1.807, 2.05) is 0 Å². The molecule has 2 heteroatoms. The fourth-order valence-corrected chi connectivity index (χ4v) is 4.79. The van der Waals surface area contributed by atoms with Crippen LogP contribution in [0, 0.1) is 0 Å². The number of benzene rings is 2. The Labute approximate surface area is 129 Å². The van der Waals surface area contributed by atoms with E-state index in [1.165, 1.54) is 16.4 Å². The summed E-state index contributed by atoms with van der Waals surface area (Å²) in [6, 6.07) is 22.1. The first kappa shape index (κ1) is 15.3. The van der Waals surface area contributed by atoms with Crippen molar-refractivity contribution in [2.75, 3.05) is 0 Å². The van der Waals surface area contributed by atoms with E-state index in [4.69, 9.17) is 0 Å². The SMILES string of the molecule is CC[C@@H](NCc1ccccc1)[C@@H](C)[Se]c1ccccc1.